The van der Waals surface area contributed by atoms with Crippen molar-refractivity contribution in [2.75, 3.05) is 26.9 Å². The number of esters is 1. The fourth-order valence-corrected chi connectivity index (χ4v) is 2.25. The Kier molecular flexibility index (Phi) is 6.65. The predicted octanol–water partition coefficient (Wildman–Crippen LogP) is 2.12. The van der Waals surface area contributed by atoms with Crippen LogP contribution in [0.1, 0.15) is 46.0 Å². The number of carbonyl (C=O) groups is 1. The zero-order valence-corrected chi connectivity index (χ0v) is 12.0. The van der Waals surface area contributed by atoms with E-state index in [0.29, 0.717) is 19.1 Å². The number of nitrogens with one attached hydrogen (secondary N) is 1. The van der Waals surface area contributed by atoms with Crippen molar-refractivity contribution in [3.8, 4) is 0 Å². The standard InChI is InChI=1S/C14H27NO3/c1-4-6-7-10-17-11-14(15-3,12-8-9-12)13(16)18-5-2/h12,15H,4-11H2,1-3H3. The molecule has 1 aliphatic carbocycles. The molecule has 1 unspecified atom stereocenters. The number of unbranched alkanes of at least 4 members (excludes halogenated alkanes) is 2. The highest BCUT2D eigenvalue weighted by atomic mass is 16.5. The first-order valence-corrected chi connectivity index (χ1v) is 7.15. The molecule has 1 saturated carbocycles. The van der Waals surface area contributed by atoms with Crippen molar-refractivity contribution in [3.63, 3.8) is 0 Å². The summed E-state index contributed by atoms with van der Waals surface area (Å²) in [5.74, 6) is 0.207. The maximum absolute atomic E-state index is 12.1. The van der Waals surface area contributed by atoms with E-state index in [0.717, 1.165) is 25.9 Å². The third kappa shape index (κ3) is 3.95. The van der Waals surface area contributed by atoms with Crippen LogP contribution in [0, 0.1) is 5.92 Å². The van der Waals surface area contributed by atoms with Crippen LogP contribution in [-0.2, 0) is 14.3 Å². The van der Waals surface area contributed by atoms with Gasteiger partial charge in [0.15, 0.2) is 0 Å². The summed E-state index contributed by atoms with van der Waals surface area (Å²) in [4.78, 5) is 12.1. The summed E-state index contributed by atoms with van der Waals surface area (Å²) in [6, 6.07) is 0. The van der Waals surface area contributed by atoms with E-state index in [1.165, 1.54) is 12.8 Å². The Hall–Kier alpha value is -0.610. The average Bonchev–Trinajstić information content (AvgIpc) is 3.19. The fraction of sp³-hybridized carbons (Fsp3) is 0.929. The Morgan fingerprint density at radius 1 is 1.33 bits per heavy atom. The van der Waals surface area contributed by atoms with Gasteiger partial charge in [-0.05, 0) is 39.2 Å². The zero-order chi connectivity index (χ0) is 13.4. The Balaban J connectivity index is 2.46. The van der Waals surface area contributed by atoms with Gasteiger partial charge in [-0.2, -0.15) is 0 Å². The van der Waals surface area contributed by atoms with Gasteiger partial charge in [-0.3, -0.25) is 0 Å². The molecule has 18 heavy (non-hydrogen) atoms. The lowest BCUT2D eigenvalue weighted by Gasteiger charge is -2.31. The highest BCUT2D eigenvalue weighted by Crippen LogP contribution is 2.40. The summed E-state index contributed by atoms with van der Waals surface area (Å²) in [5, 5.41) is 3.15. The van der Waals surface area contributed by atoms with Gasteiger partial charge >= 0.3 is 5.97 Å². The molecule has 0 saturated heterocycles. The molecule has 0 bridgehead atoms. The monoisotopic (exact) mass is 257 g/mol. The number of ether oxygens (including phenoxy) is 2. The number of rotatable bonds is 10. The molecule has 1 aliphatic rings. The second kappa shape index (κ2) is 7.74. The minimum absolute atomic E-state index is 0.162. The maximum Gasteiger partial charge on any atom is 0.329 e. The molecule has 0 radical (unpaired) electrons. The molecule has 1 N–H and O–H groups in total. The van der Waals surface area contributed by atoms with Crippen LogP contribution in [0.15, 0.2) is 0 Å². The van der Waals surface area contributed by atoms with Crippen molar-refractivity contribution in [3.05, 3.63) is 0 Å². The molecule has 0 aromatic rings. The largest absolute Gasteiger partial charge is 0.465 e. The van der Waals surface area contributed by atoms with Gasteiger partial charge < -0.3 is 14.8 Å². The van der Waals surface area contributed by atoms with Gasteiger partial charge in [0.25, 0.3) is 0 Å². The number of likely N-dealkylation sites (N-methyl/N-ethyl adjacent to an activating group) is 1. The van der Waals surface area contributed by atoms with Crippen LogP contribution in [0.25, 0.3) is 0 Å². The summed E-state index contributed by atoms with van der Waals surface area (Å²) in [5.41, 5.74) is -0.623. The van der Waals surface area contributed by atoms with E-state index in [4.69, 9.17) is 9.47 Å². The minimum atomic E-state index is -0.623. The lowest BCUT2D eigenvalue weighted by atomic mass is 9.94. The molecule has 1 fully saturated rings. The molecular formula is C14H27NO3. The van der Waals surface area contributed by atoms with Gasteiger partial charge in [0.2, 0.25) is 0 Å². The Morgan fingerprint density at radius 2 is 2.06 bits per heavy atom. The van der Waals surface area contributed by atoms with E-state index in [-0.39, 0.29) is 5.97 Å². The van der Waals surface area contributed by atoms with Gasteiger partial charge in [-0.15, -0.1) is 0 Å². The third-order valence-electron chi connectivity index (χ3n) is 3.58. The second-order valence-corrected chi connectivity index (χ2v) is 4.98. The van der Waals surface area contributed by atoms with Crippen molar-refractivity contribution in [2.45, 2.75) is 51.5 Å². The molecule has 0 spiro atoms. The first-order chi connectivity index (χ1) is 8.71. The van der Waals surface area contributed by atoms with Crippen LogP contribution in [-0.4, -0.2) is 38.4 Å². The molecular weight excluding hydrogens is 230 g/mol. The van der Waals surface area contributed by atoms with Gasteiger partial charge in [0.1, 0.15) is 5.54 Å². The van der Waals surface area contributed by atoms with Gasteiger partial charge in [0, 0.05) is 6.61 Å². The Labute approximate surface area is 110 Å². The minimum Gasteiger partial charge on any atom is -0.465 e. The van der Waals surface area contributed by atoms with Crippen LogP contribution in [0.5, 0.6) is 0 Å². The van der Waals surface area contributed by atoms with Crippen LogP contribution < -0.4 is 5.32 Å². The van der Waals surface area contributed by atoms with Gasteiger partial charge in [-0.1, -0.05) is 19.8 Å². The topological polar surface area (TPSA) is 47.6 Å². The Bertz CT molecular complexity index is 253. The van der Waals surface area contributed by atoms with Crippen LogP contribution in [0.3, 0.4) is 0 Å². The lowest BCUT2D eigenvalue weighted by Crippen LogP contribution is -2.57. The normalized spacial score (nSPS) is 18.4. The highest BCUT2D eigenvalue weighted by Gasteiger charge is 2.51. The van der Waals surface area contributed by atoms with Crippen molar-refractivity contribution < 1.29 is 14.3 Å². The average molecular weight is 257 g/mol. The molecule has 0 aliphatic heterocycles. The van der Waals surface area contributed by atoms with E-state index < -0.39 is 5.54 Å². The first kappa shape index (κ1) is 15.4. The first-order valence-electron chi connectivity index (χ1n) is 7.15. The van der Waals surface area contributed by atoms with Crippen molar-refractivity contribution in [2.24, 2.45) is 5.92 Å². The van der Waals surface area contributed by atoms with Gasteiger partial charge in [-0.25, -0.2) is 4.79 Å². The predicted molar refractivity (Wildman–Crippen MR) is 71.5 cm³/mol. The van der Waals surface area contributed by atoms with Crippen LogP contribution in [0.4, 0.5) is 0 Å². The van der Waals surface area contributed by atoms with Crippen molar-refractivity contribution >= 4 is 5.97 Å². The summed E-state index contributed by atoms with van der Waals surface area (Å²) in [6.07, 6.45) is 5.58. The summed E-state index contributed by atoms with van der Waals surface area (Å²) in [7, 11) is 1.82. The van der Waals surface area contributed by atoms with Crippen LogP contribution in [0.2, 0.25) is 0 Å². The lowest BCUT2D eigenvalue weighted by molar-refractivity contribution is -0.155. The van der Waals surface area contributed by atoms with Crippen molar-refractivity contribution in [1.82, 2.24) is 5.32 Å². The van der Waals surface area contributed by atoms with Gasteiger partial charge in [0.05, 0.1) is 13.2 Å². The molecule has 1 atom stereocenters. The van der Waals surface area contributed by atoms with E-state index >= 15 is 0 Å². The number of carbonyl (C=O) groups excluding carboxylic acids is 1. The molecule has 106 valence electrons. The molecule has 1 rings (SSSR count). The smallest absolute Gasteiger partial charge is 0.329 e. The maximum atomic E-state index is 12.1. The quantitative estimate of drug-likeness (QED) is 0.481. The van der Waals surface area contributed by atoms with E-state index in [1.807, 2.05) is 14.0 Å². The molecule has 0 aromatic carbocycles. The Morgan fingerprint density at radius 3 is 2.56 bits per heavy atom. The molecule has 0 aromatic heterocycles. The molecule has 4 nitrogen and oxygen atoms in total. The van der Waals surface area contributed by atoms with Crippen LogP contribution >= 0.6 is 0 Å². The molecule has 0 heterocycles. The van der Waals surface area contributed by atoms with E-state index in [9.17, 15) is 4.79 Å². The third-order valence-corrected chi connectivity index (χ3v) is 3.58. The highest BCUT2D eigenvalue weighted by molar-refractivity contribution is 5.82. The zero-order valence-electron chi connectivity index (χ0n) is 12.0. The summed E-state index contributed by atoms with van der Waals surface area (Å²) in [6.45, 7) is 5.58. The van der Waals surface area contributed by atoms with Crippen molar-refractivity contribution in [1.29, 1.82) is 0 Å². The second-order valence-electron chi connectivity index (χ2n) is 4.98. The molecule has 0 amide bonds. The summed E-state index contributed by atoms with van der Waals surface area (Å²) >= 11 is 0. The SMILES string of the molecule is CCCCCOCC(NC)(C(=O)OCC)C1CC1. The molecule has 4 heteroatoms. The van der Waals surface area contributed by atoms with E-state index in [1.54, 1.807) is 0 Å². The fourth-order valence-electron chi connectivity index (χ4n) is 2.25. The summed E-state index contributed by atoms with van der Waals surface area (Å²) < 4.78 is 10.9. The number of hydrogen-bond donors (Lipinski definition) is 1. The number of hydrogen-bond acceptors (Lipinski definition) is 4. The van der Waals surface area contributed by atoms with E-state index in [2.05, 4.69) is 12.2 Å².